The normalized spacial score (nSPS) is 23.9. The SMILES string of the molecule is COc1ccc2c(c1)C(NC1CCCC1)CC2. The molecular weight excluding hydrogens is 210 g/mol. The smallest absolute Gasteiger partial charge is 0.119 e. The van der Waals surface area contributed by atoms with Crippen LogP contribution in [0.25, 0.3) is 0 Å². The second kappa shape index (κ2) is 4.69. The van der Waals surface area contributed by atoms with E-state index in [0.29, 0.717) is 6.04 Å². The zero-order valence-corrected chi connectivity index (χ0v) is 10.5. The molecule has 0 spiro atoms. The first-order valence-electron chi connectivity index (χ1n) is 6.79. The Balaban J connectivity index is 1.76. The van der Waals surface area contributed by atoms with Crippen LogP contribution in [0.3, 0.4) is 0 Å². The summed E-state index contributed by atoms with van der Waals surface area (Å²) in [6.45, 7) is 0. The molecule has 0 saturated heterocycles. The maximum Gasteiger partial charge on any atom is 0.119 e. The van der Waals surface area contributed by atoms with Crippen LogP contribution in [0.1, 0.15) is 49.3 Å². The molecule has 0 radical (unpaired) electrons. The van der Waals surface area contributed by atoms with Crippen LogP contribution in [0.15, 0.2) is 18.2 Å². The summed E-state index contributed by atoms with van der Waals surface area (Å²) in [7, 11) is 1.75. The lowest BCUT2D eigenvalue weighted by Gasteiger charge is -2.19. The molecule has 0 aromatic heterocycles. The van der Waals surface area contributed by atoms with Crippen molar-refractivity contribution < 1.29 is 4.74 Å². The molecule has 0 heterocycles. The molecule has 17 heavy (non-hydrogen) atoms. The Hall–Kier alpha value is -1.02. The fourth-order valence-electron chi connectivity index (χ4n) is 3.26. The highest BCUT2D eigenvalue weighted by molar-refractivity contribution is 5.40. The lowest BCUT2D eigenvalue weighted by atomic mass is 10.1. The lowest BCUT2D eigenvalue weighted by molar-refractivity contribution is 0.410. The molecule has 1 fully saturated rings. The van der Waals surface area contributed by atoms with E-state index in [2.05, 4.69) is 23.5 Å². The summed E-state index contributed by atoms with van der Waals surface area (Å²) in [6.07, 6.45) is 7.97. The molecule has 1 atom stereocenters. The molecule has 92 valence electrons. The van der Waals surface area contributed by atoms with Crippen molar-refractivity contribution in [2.75, 3.05) is 7.11 Å². The van der Waals surface area contributed by atoms with Crippen molar-refractivity contribution in [1.82, 2.24) is 5.32 Å². The standard InChI is InChI=1S/C15H21NO/c1-17-13-8-6-11-7-9-15(14(11)10-13)16-12-4-2-3-5-12/h6,8,10,12,15-16H,2-5,7,9H2,1H3. The summed E-state index contributed by atoms with van der Waals surface area (Å²) in [5.74, 6) is 0.990. The highest BCUT2D eigenvalue weighted by Crippen LogP contribution is 2.35. The Morgan fingerprint density at radius 3 is 2.76 bits per heavy atom. The minimum absolute atomic E-state index is 0.559. The van der Waals surface area contributed by atoms with Crippen LogP contribution in [-0.2, 0) is 6.42 Å². The number of nitrogens with one attached hydrogen (secondary N) is 1. The van der Waals surface area contributed by atoms with Gasteiger partial charge in [-0.1, -0.05) is 18.9 Å². The molecule has 2 aliphatic rings. The first-order valence-corrected chi connectivity index (χ1v) is 6.79. The lowest BCUT2D eigenvalue weighted by Crippen LogP contribution is -2.29. The zero-order valence-electron chi connectivity index (χ0n) is 10.5. The minimum Gasteiger partial charge on any atom is -0.497 e. The topological polar surface area (TPSA) is 21.3 Å². The number of aryl methyl sites for hydroxylation is 1. The average Bonchev–Trinajstić information content (AvgIpc) is 2.99. The molecule has 1 unspecified atom stereocenters. The van der Waals surface area contributed by atoms with E-state index >= 15 is 0 Å². The van der Waals surface area contributed by atoms with Crippen molar-refractivity contribution in [1.29, 1.82) is 0 Å². The van der Waals surface area contributed by atoms with E-state index < -0.39 is 0 Å². The van der Waals surface area contributed by atoms with Crippen LogP contribution in [0.2, 0.25) is 0 Å². The van der Waals surface area contributed by atoms with Gasteiger partial charge >= 0.3 is 0 Å². The molecule has 0 amide bonds. The highest BCUT2D eigenvalue weighted by atomic mass is 16.5. The predicted octanol–water partition coefficient (Wildman–Crippen LogP) is 3.21. The summed E-state index contributed by atoms with van der Waals surface area (Å²) < 4.78 is 5.33. The van der Waals surface area contributed by atoms with Gasteiger partial charge in [0.15, 0.2) is 0 Å². The fourth-order valence-corrected chi connectivity index (χ4v) is 3.26. The van der Waals surface area contributed by atoms with E-state index in [1.165, 1.54) is 49.7 Å². The van der Waals surface area contributed by atoms with Crippen molar-refractivity contribution >= 4 is 0 Å². The maximum atomic E-state index is 5.33. The third kappa shape index (κ3) is 2.19. The molecule has 0 bridgehead atoms. The Morgan fingerprint density at radius 2 is 2.00 bits per heavy atom. The monoisotopic (exact) mass is 231 g/mol. The summed E-state index contributed by atoms with van der Waals surface area (Å²) >= 11 is 0. The first-order chi connectivity index (χ1) is 8.36. The highest BCUT2D eigenvalue weighted by Gasteiger charge is 2.26. The maximum absolute atomic E-state index is 5.33. The number of hydrogen-bond donors (Lipinski definition) is 1. The zero-order chi connectivity index (χ0) is 11.7. The van der Waals surface area contributed by atoms with Gasteiger partial charge in [0, 0.05) is 12.1 Å². The van der Waals surface area contributed by atoms with E-state index in [1.807, 2.05) is 0 Å². The van der Waals surface area contributed by atoms with Gasteiger partial charge in [-0.3, -0.25) is 0 Å². The molecule has 3 rings (SSSR count). The molecule has 2 nitrogen and oxygen atoms in total. The summed E-state index contributed by atoms with van der Waals surface area (Å²) in [5, 5.41) is 3.83. The summed E-state index contributed by atoms with van der Waals surface area (Å²) in [4.78, 5) is 0. The second-order valence-electron chi connectivity index (χ2n) is 5.30. The number of fused-ring (bicyclic) bond motifs is 1. The van der Waals surface area contributed by atoms with Crippen molar-refractivity contribution in [3.05, 3.63) is 29.3 Å². The van der Waals surface area contributed by atoms with Gasteiger partial charge in [-0.15, -0.1) is 0 Å². The van der Waals surface area contributed by atoms with Crippen molar-refractivity contribution in [2.45, 2.75) is 50.6 Å². The Kier molecular flexibility index (Phi) is 3.06. The third-order valence-corrected chi connectivity index (χ3v) is 4.22. The molecule has 1 aromatic carbocycles. The number of rotatable bonds is 3. The Bertz CT molecular complexity index is 396. The Labute approximate surface area is 103 Å². The number of benzene rings is 1. The van der Waals surface area contributed by atoms with Crippen LogP contribution in [0.5, 0.6) is 5.75 Å². The summed E-state index contributed by atoms with van der Waals surface area (Å²) in [5.41, 5.74) is 2.97. The van der Waals surface area contributed by atoms with Gasteiger partial charge in [0.05, 0.1) is 7.11 Å². The second-order valence-corrected chi connectivity index (χ2v) is 5.30. The predicted molar refractivity (Wildman–Crippen MR) is 69.4 cm³/mol. The van der Waals surface area contributed by atoms with E-state index in [9.17, 15) is 0 Å². The van der Waals surface area contributed by atoms with Gasteiger partial charge in [0.1, 0.15) is 5.75 Å². The van der Waals surface area contributed by atoms with Crippen LogP contribution in [0, 0.1) is 0 Å². The molecule has 2 heteroatoms. The molecule has 0 aliphatic heterocycles. The van der Waals surface area contributed by atoms with Gasteiger partial charge in [-0.05, 0) is 48.9 Å². The van der Waals surface area contributed by atoms with Gasteiger partial charge in [0.25, 0.3) is 0 Å². The average molecular weight is 231 g/mol. The Morgan fingerprint density at radius 1 is 1.18 bits per heavy atom. The van der Waals surface area contributed by atoms with Crippen molar-refractivity contribution in [2.24, 2.45) is 0 Å². The number of methoxy groups -OCH3 is 1. The molecule has 1 saturated carbocycles. The van der Waals surface area contributed by atoms with Gasteiger partial charge in [-0.2, -0.15) is 0 Å². The number of ether oxygens (including phenoxy) is 1. The van der Waals surface area contributed by atoms with Crippen LogP contribution >= 0.6 is 0 Å². The molecular formula is C15H21NO. The molecule has 1 aromatic rings. The van der Waals surface area contributed by atoms with E-state index in [-0.39, 0.29) is 0 Å². The first kappa shape index (κ1) is 11.1. The van der Waals surface area contributed by atoms with Crippen LogP contribution < -0.4 is 10.1 Å². The van der Waals surface area contributed by atoms with Gasteiger partial charge in [0.2, 0.25) is 0 Å². The van der Waals surface area contributed by atoms with Gasteiger partial charge in [-0.25, -0.2) is 0 Å². The quantitative estimate of drug-likeness (QED) is 0.862. The minimum atomic E-state index is 0.559. The van der Waals surface area contributed by atoms with Crippen LogP contribution in [0.4, 0.5) is 0 Å². The largest absolute Gasteiger partial charge is 0.497 e. The van der Waals surface area contributed by atoms with Crippen molar-refractivity contribution in [3.8, 4) is 5.75 Å². The summed E-state index contributed by atoms with van der Waals surface area (Å²) in [6, 6.07) is 7.83. The van der Waals surface area contributed by atoms with Crippen molar-refractivity contribution in [3.63, 3.8) is 0 Å². The van der Waals surface area contributed by atoms with Crippen LogP contribution in [-0.4, -0.2) is 13.2 Å². The molecule has 1 N–H and O–H groups in total. The third-order valence-electron chi connectivity index (χ3n) is 4.22. The van der Waals surface area contributed by atoms with E-state index in [4.69, 9.17) is 4.74 Å². The molecule has 2 aliphatic carbocycles. The van der Waals surface area contributed by atoms with E-state index in [1.54, 1.807) is 7.11 Å². The number of hydrogen-bond acceptors (Lipinski definition) is 2. The van der Waals surface area contributed by atoms with Gasteiger partial charge < -0.3 is 10.1 Å². The van der Waals surface area contributed by atoms with E-state index in [0.717, 1.165) is 11.8 Å². The fraction of sp³-hybridized carbons (Fsp3) is 0.600.